The Hall–Kier alpha value is -0.520. The molecule has 4 atom stereocenters. The van der Waals surface area contributed by atoms with Crippen LogP contribution in [0.4, 0.5) is 0 Å². The van der Waals surface area contributed by atoms with Crippen LogP contribution in [0.25, 0.3) is 11.2 Å². The molecule has 2 aromatic rings. The number of aliphatic hydroxyl groups excluding tert-OH is 3. The Morgan fingerprint density at radius 3 is 2.52 bits per heavy atom. The van der Waals surface area contributed by atoms with Crippen LogP contribution in [0.2, 0.25) is 0 Å². The largest absolute Gasteiger partial charge is 1.00 e. The zero-order valence-electron chi connectivity index (χ0n) is 11.0. The number of ether oxygens (including phenoxy) is 1. The first kappa shape index (κ1) is 18.5. The van der Waals surface area contributed by atoms with E-state index in [0.29, 0.717) is 0 Å². The van der Waals surface area contributed by atoms with Crippen molar-refractivity contribution < 1.29 is 67.1 Å². The standard InChI is InChI=1S/C10H12N4O5.ClH.Na/c15-1-4-6(16)7(17)10(19-4)14-3-13-5-8(14)11-2-12-9(5)18;;/h2-4,6-7,10,15-17H,1H2,(H,11,12,18);1H;/q;;+1/p-1/t4-,6-,7-,10-;;/m1../s1. The number of aromatic hydroxyl groups is 1. The van der Waals surface area contributed by atoms with Crippen molar-refractivity contribution in [3.63, 3.8) is 0 Å². The van der Waals surface area contributed by atoms with Crippen LogP contribution in [-0.4, -0.2) is 64.9 Å². The van der Waals surface area contributed by atoms with E-state index in [4.69, 9.17) is 9.84 Å². The quantitative estimate of drug-likeness (QED) is 0.400. The van der Waals surface area contributed by atoms with E-state index in [0.717, 1.165) is 6.33 Å². The molecule has 3 heterocycles. The number of aliphatic hydroxyl groups is 3. The second-order valence-electron chi connectivity index (χ2n) is 4.25. The molecule has 4 N–H and O–H groups in total. The molecule has 0 aromatic carbocycles. The van der Waals surface area contributed by atoms with E-state index >= 15 is 0 Å². The number of nitrogens with zero attached hydrogens (tertiary/aromatic N) is 4. The summed E-state index contributed by atoms with van der Waals surface area (Å²) in [6.07, 6.45) is -1.79. The summed E-state index contributed by atoms with van der Waals surface area (Å²) in [5.41, 5.74) is 0.433. The normalized spacial score (nSPS) is 28.1. The molecule has 11 heteroatoms. The topological polar surface area (TPSA) is 134 Å². The van der Waals surface area contributed by atoms with Gasteiger partial charge in [0.25, 0.3) is 0 Å². The van der Waals surface area contributed by atoms with E-state index in [-0.39, 0.29) is 59.0 Å². The third-order valence-corrected chi connectivity index (χ3v) is 3.13. The summed E-state index contributed by atoms with van der Waals surface area (Å²) in [4.78, 5) is 11.5. The van der Waals surface area contributed by atoms with Crippen molar-refractivity contribution in [1.29, 1.82) is 0 Å². The Balaban J connectivity index is 0.00000110. The van der Waals surface area contributed by atoms with Crippen LogP contribution in [0, 0.1) is 0 Å². The van der Waals surface area contributed by atoms with Gasteiger partial charge in [0.1, 0.15) is 24.6 Å². The van der Waals surface area contributed by atoms with E-state index in [9.17, 15) is 15.3 Å². The average molecular weight is 327 g/mol. The van der Waals surface area contributed by atoms with Crippen molar-refractivity contribution in [2.75, 3.05) is 6.61 Å². The SMILES string of the molecule is OC[C@H]1O[C@@H](n2cnc3c(O)ncnc32)[C@H](O)[C@@H]1O.[Cl-].[Na+]. The van der Waals surface area contributed by atoms with Gasteiger partial charge in [-0.15, -0.1) is 0 Å². The molecular weight excluding hydrogens is 315 g/mol. The molecule has 0 spiro atoms. The van der Waals surface area contributed by atoms with Gasteiger partial charge >= 0.3 is 29.6 Å². The molecule has 0 aliphatic carbocycles. The first-order chi connectivity index (χ1) is 9.13. The van der Waals surface area contributed by atoms with Crippen LogP contribution < -0.4 is 42.0 Å². The van der Waals surface area contributed by atoms with E-state index in [1.165, 1.54) is 10.9 Å². The molecule has 9 nitrogen and oxygen atoms in total. The predicted molar refractivity (Wildman–Crippen MR) is 60.0 cm³/mol. The molecule has 0 amide bonds. The van der Waals surface area contributed by atoms with E-state index in [2.05, 4.69) is 15.0 Å². The van der Waals surface area contributed by atoms with Gasteiger partial charge in [0, 0.05) is 0 Å². The molecule has 1 fully saturated rings. The summed E-state index contributed by atoms with van der Waals surface area (Å²) < 4.78 is 6.73. The Kier molecular flexibility index (Phi) is 6.32. The Morgan fingerprint density at radius 1 is 1.19 bits per heavy atom. The van der Waals surface area contributed by atoms with Crippen molar-refractivity contribution in [1.82, 2.24) is 19.5 Å². The van der Waals surface area contributed by atoms with Crippen molar-refractivity contribution in [3.8, 4) is 5.88 Å². The Labute approximate surface area is 147 Å². The van der Waals surface area contributed by atoms with Crippen LogP contribution in [0.3, 0.4) is 0 Å². The van der Waals surface area contributed by atoms with E-state index < -0.39 is 31.1 Å². The third-order valence-electron chi connectivity index (χ3n) is 3.13. The van der Waals surface area contributed by atoms with Gasteiger partial charge in [-0.05, 0) is 0 Å². The van der Waals surface area contributed by atoms with Crippen LogP contribution >= 0.6 is 0 Å². The van der Waals surface area contributed by atoms with Crippen molar-refractivity contribution in [2.24, 2.45) is 0 Å². The summed E-state index contributed by atoms with van der Waals surface area (Å²) in [7, 11) is 0. The minimum absolute atomic E-state index is 0. The summed E-state index contributed by atoms with van der Waals surface area (Å²) in [6.45, 7) is -0.415. The van der Waals surface area contributed by atoms with Gasteiger partial charge < -0.3 is 37.6 Å². The molecule has 1 aliphatic heterocycles. The monoisotopic (exact) mass is 326 g/mol. The van der Waals surface area contributed by atoms with Gasteiger partial charge in [-0.3, -0.25) is 4.57 Å². The van der Waals surface area contributed by atoms with Crippen molar-refractivity contribution in [2.45, 2.75) is 24.5 Å². The summed E-state index contributed by atoms with van der Waals surface area (Å²) >= 11 is 0. The number of imidazole rings is 1. The predicted octanol–water partition coefficient (Wildman–Crippen LogP) is -7.85. The summed E-state index contributed by atoms with van der Waals surface area (Å²) in [6, 6.07) is 0. The van der Waals surface area contributed by atoms with Crippen molar-refractivity contribution >= 4 is 11.2 Å². The van der Waals surface area contributed by atoms with Crippen LogP contribution in [0.1, 0.15) is 6.23 Å². The summed E-state index contributed by atoms with van der Waals surface area (Å²) in [5.74, 6) is -0.282. The van der Waals surface area contributed by atoms with Crippen LogP contribution in [0.5, 0.6) is 5.88 Å². The molecule has 1 saturated heterocycles. The average Bonchev–Trinajstić information content (AvgIpc) is 2.94. The van der Waals surface area contributed by atoms with E-state index in [1.807, 2.05) is 0 Å². The molecule has 0 bridgehead atoms. The molecular formula is C10H12ClN4NaO5. The fourth-order valence-electron chi connectivity index (χ4n) is 2.14. The molecule has 21 heavy (non-hydrogen) atoms. The minimum atomic E-state index is -1.23. The van der Waals surface area contributed by atoms with E-state index in [1.54, 1.807) is 0 Å². The second-order valence-corrected chi connectivity index (χ2v) is 4.25. The second kappa shape index (κ2) is 7.16. The zero-order chi connectivity index (χ0) is 13.6. The van der Waals surface area contributed by atoms with Crippen LogP contribution in [-0.2, 0) is 4.74 Å². The van der Waals surface area contributed by atoms with Gasteiger partial charge in [-0.2, -0.15) is 4.98 Å². The Bertz CT molecular complexity index is 614. The maximum atomic E-state index is 9.92. The molecule has 0 radical (unpaired) electrons. The van der Waals surface area contributed by atoms with Gasteiger partial charge in [0.2, 0.25) is 5.88 Å². The summed E-state index contributed by atoms with van der Waals surface area (Å²) in [5, 5.41) is 38.2. The molecule has 0 saturated carbocycles. The molecule has 110 valence electrons. The maximum Gasteiger partial charge on any atom is 1.00 e. The van der Waals surface area contributed by atoms with Gasteiger partial charge in [0.05, 0.1) is 12.9 Å². The number of hydrogen-bond acceptors (Lipinski definition) is 8. The van der Waals surface area contributed by atoms with Gasteiger partial charge in [-0.25, -0.2) is 9.97 Å². The smallest absolute Gasteiger partial charge is 1.00 e. The minimum Gasteiger partial charge on any atom is -1.00 e. The number of halogens is 1. The first-order valence-electron chi connectivity index (χ1n) is 5.62. The van der Waals surface area contributed by atoms with Gasteiger partial charge in [-0.1, -0.05) is 0 Å². The molecule has 1 aliphatic rings. The molecule has 0 unspecified atom stereocenters. The first-order valence-corrected chi connectivity index (χ1v) is 5.62. The molecule has 3 rings (SSSR count). The number of fused-ring (bicyclic) bond motifs is 1. The number of hydrogen-bond donors (Lipinski definition) is 4. The fraction of sp³-hybridized carbons (Fsp3) is 0.500. The van der Waals surface area contributed by atoms with Gasteiger partial charge in [0.15, 0.2) is 17.4 Å². The fourth-order valence-corrected chi connectivity index (χ4v) is 2.14. The number of rotatable bonds is 2. The van der Waals surface area contributed by atoms with Crippen LogP contribution in [0.15, 0.2) is 12.7 Å². The maximum absolute atomic E-state index is 9.92. The van der Waals surface area contributed by atoms with Crippen molar-refractivity contribution in [3.05, 3.63) is 12.7 Å². The molecule has 2 aromatic heterocycles. The number of aromatic nitrogens is 4. The zero-order valence-corrected chi connectivity index (χ0v) is 13.8. The third kappa shape index (κ3) is 3.01. The Morgan fingerprint density at radius 2 is 1.90 bits per heavy atom.